The molecule has 1 aromatic rings. The van der Waals surface area contributed by atoms with Gasteiger partial charge >= 0.3 is 23.6 Å². The molecule has 0 aliphatic carbocycles. The summed E-state index contributed by atoms with van der Waals surface area (Å²) in [5.74, 6) is -0.240. The Bertz CT molecular complexity index is 708. The lowest BCUT2D eigenvalue weighted by molar-refractivity contribution is -0.140. The smallest absolute Gasteiger partial charge is 0.465 e. The molecule has 0 radical (unpaired) electrons. The Kier molecular flexibility index (Phi) is 25.6. The van der Waals surface area contributed by atoms with Crippen LogP contribution in [0, 0.1) is 0 Å². The van der Waals surface area contributed by atoms with Crippen LogP contribution in [-0.4, -0.2) is 104 Å². The van der Waals surface area contributed by atoms with Crippen LogP contribution in [0.3, 0.4) is 0 Å². The first-order valence-corrected chi connectivity index (χ1v) is 18.6. The Morgan fingerprint density at radius 1 is 0.683 bits per heavy atom. The van der Waals surface area contributed by atoms with Crippen LogP contribution in [0.25, 0.3) is 0 Å². The summed E-state index contributed by atoms with van der Waals surface area (Å²) in [7, 11) is 0.0651. The van der Waals surface area contributed by atoms with E-state index in [9.17, 15) is 4.79 Å². The number of carbonyl (C=O) groups is 1. The van der Waals surface area contributed by atoms with Gasteiger partial charge in [-0.2, -0.15) is 0 Å². The van der Waals surface area contributed by atoms with Crippen LogP contribution in [0.5, 0.6) is 0 Å². The fraction of sp³-hybridized carbons (Fsp3) is 0.750. The van der Waals surface area contributed by atoms with Crippen molar-refractivity contribution in [3.63, 3.8) is 0 Å². The molecule has 0 unspecified atom stereocenters. The van der Waals surface area contributed by atoms with Crippen molar-refractivity contribution in [1.82, 2.24) is 16.0 Å². The molecule has 41 heavy (non-hydrogen) atoms. The highest BCUT2D eigenvalue weighted by Crippen LogP contribution is 2.18. The summed E-state index contributed by atoms with van der Waals surface area (Å²) in [4.78, 5) is 10.6. The van der Waals surface area contributed by atoms with Crippen LogP contribution in [0.15, 0.2) is 30.3 Å². The van der Waals surface area contributed by atoms with Gasteiger partial charge in [0.05, 0.1) is 0 Å². The van der Waals surface area contributed by atoms with Gasteiger partial charge in [0.2, 0.25) is 0 Å². The maximum atomic E-state index is 10.6. The molecule has 1 rings (SSSR count). The Morgan fingerprint density at radius 3 is 1.66 bits per heavy atom. The SMILES string of the molecule is CCO[Si](CCCNCCNCCOC(C)=O)(OCC)OCC.CO[Si](CCCNCc1ccccc1)(OC)OC. The molecule has 1 aromatic carbocycles. The van der Waals surface area contributed by atoms with Gasteiger partial charge in [-0.05, 0) is 52.3 Å². The van der Waals surface area contributed by atoms with E-state index in [1.807, 2.05) is 26.8 Å². The monoisotopic (exact) mass is 619 g/mol. The lowest BCUT2D eigenvalue weighted by Gasteiger charge is -2.28. The van der Waals surface area contributed by atoms with E-state index in [2.05, 4.69) is 40.2 Å². The maximum Gasteiger partial charge on any atom is 0.500 e. The average Bonchev–Trinajstić information content (AvgIpc) is 2.97. The molecule has 13 heteroatoms. The first kappa shape index (κ1) is 39.8. The number of hydrogen-bond acceptors (Lipinski definition) is 11. The average molecular weight is 620 g/mol. The van der Waals surface area contributed by atoms with E-state index in [1.165, 1.54) is 12.5 Å². The third-order valence-corrected chi connectivity index (χ3v) is 11.9. The Labute approximate surface area is 251 Å². The molecule has 0 atom stereocenters. The van der Waals surface area contributed by atoms with Crippen LogP contribution in [0.2, 0.25) is 12.1 Å². The van der Waals surface area contributed by atoms with Gasteiger partial charge in [0.25, 0.3) is 0 Å². The third-order valence-electron chi connectivity index (χ3n) is 5.93. The molecular weight excluding hydrogens is 562 g/mol. The van der Waals surface area contributed by atoms with Crippen LogP contribution in [0.1, 0.15) is 46.1 Å². The van der Waals surface area contributed by atoms with Crippen LogP contribution >= 0.6 is 0 Å². The number of hydrogen-bond donors (Lipinski definition) is 3. The summed E-state index contributed by atoms with van der Waals surface area (Å²) in [6.07, 6.45) is 1.94. The molecule has 0 fully saturated rings. The van der Waals surface area contributed by atoms with Gasteiger partial charge in [-0.15, -0.1) is 0 Å². The number of ether oxygens (including phenoxy) is 1. The zero-order chi connectivity index (χ0) is 30.7. The first-order chi connectivity index (χ1) is 19.9. The molecule has 11 nitrogen and oxygen atoms in total. The summed E-state index contributed by atoms with van der Waals surface area (Å²) in [5, 5.41) is 9.98. The molecule has 0 heterocycles. The zero-order valence-corrected chi connectivity index (χ0v) is 28.6. The molecule has 0 amide bonds. The highest BCUT2D eigenvalue weighted by atomic mass is 28.4. The van der Waals surface area contributed by atoms with Crippen molar-refractivity contribution in [3.8, 4) is 0 Å². The van der Waals surface area contributed by atoms with Crippen molar-refractivity contribution >= 4 is 23.6 Å². The molecular formula is C28H57N3O8Si2. The predicted molar refractivity (Wildman–Crippen MR) is 167 cm³/mol. The number of rotatable bonds is 25. The summed E-state index contributed by atoms with van der Waals surface area (Å²) >= 11 is 0. The van der Waals surface area contributed by atoms with E-state index >= 15 is 0 Å². The Hall–Kier alpha value is -1.24. The van der Waals surface area contributed by atoms with Crippen LogP contribution in [0.4, 0.5) is 0 Å². The van der Waals surface area contributed by atoms with E-state index in [0.717, 1.165) is 57.7 Å². The van der Waals surface area contributed by atoms with Crippen molar-refractivity contribution < 1.29 is 36.1 Å². The normalized spacial score (nSPS) is 11.7. The van der Waals surface area contributed by atoms with E-state index in [0.29, 0.717) is 33.0 Å². The van der Waals surface area contributed by atoms with E-state index in [-0.39, 0.29) is 5.97 Å². The van der Waals surface area contributed by atoms with E-state index < -0.39 is 17.6 Å². The largest absolute Gasteiger partial charge is 0.500 e. The van der Waals surface area contributed by atoms with Crippen LogP contribution in [-0.2, 0) is 42.6 Å². The summed E-state index contributed by atoms with van der Waals surface area (Å²) in [6, 6.07) is 12.0. The summed E-state index contributed by atoms with van der Waals surface area (Å²) in [5.41, 5.74) is 1.30. The number of carbonyl (C=O) groups excluding carboxylic acids is 1. The Morgan fingerprint density at radius 2 is 1.17 bits per heavy atom. The summed E-state index contributed by atoms with van der Waals surface area (Å²) in [6.45, 7) is 14.7. The fourth-order valence-electron chi connectivity index (χ4n) is 3.94. The molecule has 0 aliphatic rings. The van der Waals surface area contributed by atoms with Gasteiger partial charge in [-0.3, -0.25) is 4.79 Å². The maximum absolute atomic E-state index is 10.6. The Balaban J connectivity index is 0.000000802. The molecule has 0 aliphatic heterocycles. The topological polar surface area (TPSA) is 118 Å². The van der Waals surface area contributed by atoms with Crippen molar-refractivity contribution in [2.75, 3.05) is 80.5 Å². The summed E-state index contributed by atoms with van der Waals surface area (Å²) < 4.78 is 38.4. The second kappa shape index (κ2) is 26.4. The van der Waals surface area contributed by atoms with Gasteiger partial charge < -0.3 is 47.2 Å². The lowest BCUT2D eigenvalue weighted by atomic mass is 10.2. The molecule has 0 aromatic heterocycles. The number of nitrogens with one attached hydrogen (secondary N) is 3. The molecule has 0 bridgehead atoms. The lowest BCUT2D eigenvalue weighted by Crippen LogP contribution is -2.46. The predicted octanol–water partition coefficient (Wildman–Crippen LogP) is 3.21. The highest BCUT2D eigenvalue weighted by molar-refractivity contribution is 6.61. The molecule has 0 saturated heterocycles. The first-order valence-electron chi connectivity index (χ1n) is 14.7. The standard InChI is InChI=1S/C15H34N2O5Si.C13H23NO3Si/c1-5-20-23(21-6-2,22-7-3)14-8-9-16-10-11-17-12-13-19-15(4)18;1-15-18(16-2,17-3)11-7-10-14-12-13-8-5-4-6-9-13/h16-17H,5-14H2,1-4H3;4-6,8-9,14H,7,10-12H2,1-3H3. The second-order valence-electron chi connectivity index (χ2n) is 8.99. The third kappa shape index (κ3) is 20.3. The van der Waals surface area contributed by atoms with E-state index in [4.69, 9.17) is 31.3 Å². The minimum absolute atomic E-state index is 0.240. The van der Waals surface area contributed by atoms with Gasteiger partial charge in [-0.1, -0.05) is 30.3 Å². The molecule has 240 valence electrons. The van der Waals surface area contributed by atoms with Crippen molar-refractivity contribution in [1.29, 1.82) is 0 Å². The molecule has 0 spiro atoms. The number of esters is 1. The fourth-order valence-corrected chi connectivity index (χ4v) is 8.27. The van der Waals surface area contributed by atoms with Crippen molar-refractivity contribution in [2.45, 2.75) is 59.2 Å². The van der Waals surface area contributed by atoms with Crippen molar-refractivity contribution in [3.05, 3.63) is 35.9 Å². The minimum Gasteiger partial charge on any atom is -0.465 e. The number of benzene rings is 1. The van der Waals surface area contributed by atoms with Gasteiger partial charge in [0.1, 0.15) is 6.61 Å². The van der Waals surface area contributed by atoms with Gasteiger partial charge in [0.15, 0.2) is 0 Å². The molecule has 3 N–H and O–H groups in total. The van der Waals surface area contributed by atoms with E-state index in [1.54, 1.807) is 21.3 Å². The zero-order valence-electron chi connectivity index (χ0n) is 26.6. The highest BCUT2D eigenvalue weighted by Gasteiger charge is 2.39. The van der Waals surface area contributed by atoms with Gasteiger partial charge in [0, 0.05) is 86.3 Å². The minimum atomic E-state index is -2.50. The van der Waals surface area contributed by atoms with Crippen molar-refractivity contribution in [2.24, 2.45) is 0 Å². The van der Waals surface area contributed by atoms with Gasteiger partial charge in [-0.25, -0.2) is 0 Å². The second-order valence-corrected chi connectivity index (χ2v) is 14.8. The molecule has 0 saturated carbocycles. The van der Waals surface area contributed by atoms with Crippen LogP contribution < -0.4 is 16.0 Å². The quantitative estimate of drug-likeness (QED) is 0.0851.